The van der Waals surface area contributed by atoms with Gasteiger partial charge in [-0.05, 0) is 32.4 Å². The Hall–Kier alpha value is -1.38. The SMILES string of the molecule is C=C(C)CCNc1ccc(C)nn1. The second-order valence-electron chi connectivity index (χ2n) is 3.19. The highest BCUT2D eigenvalue weighted by atomic mass is 15.2. The molecule has 1 aromatic heterocycles. The maximum absolute atomic E-state index is 3.98. The number of hydrogen-bond acceptors (Lipinski definition) is 3. The zero-order valence-electron chi connectivity index (χ0n) is 8.17. The molecule has 0 fully saturated rings. The summed E-state index contributed by atoms with van der Waals surface area (Å²) in [5, 5.41) is 11.1. The van der Waals surface area contributed by atoms with Gasteiger partial charge < -0.3 is 5.32 Å². The number of nitrogens with one attached hydrogen (secondary N) is 1. The van der Waals surface area contributed by atoms with Crippen molar-refractivity contribution in [2.75, 3.05) is 11.9 Å². The Labute approximate surface area is 78.9 Å². The Morgan fingerprint density at radius 3 is 2.77 bits per heavy atom. The summed E-state index contributed by atoms with van der Waals surface area (Å²) in [5.74, 6) is 0.826. The average Bonchev–Trinajstić information content (AvgIpc) is 2.08. The molecule has 0 amide bonds. The molecule has 0 atom stereocenters. The Balaban J connectivity index is 2.37. The van der Waals surface area contributed by atoms with Gasteiger partial charge in [0, 0.05) is 6.54 Å². The minimum Gasteiger partial charge on any atom is -0.368 e. The topological polar surface area (TPSA) is 37.8 Å². The predicted molar refractivity (Wildman–Crippen MR) is 54.7 cm³/mol. The Morgan fingerprint density at radius 1 is 1.46 bits per heavy atom. The fraction of sp³-hybridized carbons (Fsp3) is 0.400. The number of nitrogens with zero attached hydrogens (tertiary/aromatic N) is 2. The molecule has 0 spiro atoms. The molecule has 0 radical (unpaired) electrons. The maximum Gasteiger partial charge on any atom is 0.148 e. The summed E-state index contributed by atoms with van der Waals surface area (Å²) >= 11 is 0. The summed E-state index contributed by atoms with van der Waals surface area (Å²) in [6.45, 7) is 8.63. The van der Waals surface area contributed by atoms with Gasteiger partial charge in [0.25, 0.3) is 0 Å². The first-order valence-corrected chi connectivity index (χ1v) is 4.37. The molecule has 1 aromatic rings. The zero-order valence-corrected chi connectivity index (χ0v) is 8.17. The van der Waals surface area contributed by atoms with Gasteiger partial charge in [0.05, 0.1) is 5.69 Å². The van der Waals surface area contributed by atoms with Crippen molar-refractivity contribution in [1.82, 2.24) is 10.2 Å². The molecule has 3 nitrogen and oxygen atoms in total. The van der Waals surface area contributed by atoms with Crippen LogP contribution in [-0.4, -0.2) is 16.7 Å². The standard InChI is InChI=1S/C10H15N3/c1-8(2)6-7-11-10-5-4-9(3)12-13-10/h4-5H,1,6-7H2,2-3H3,(H,11,13). The summed E-state index contributed by atoms with van der Waals surface area (Å²) in [6, 6.07) is 3.87. The fourth-order valence-corrected chi connectivity index (χ4v) is 0.897. The fourth-order valence-electron chi connectivity index (χ4n) is 0.897. The number of aryl methyl sites for hydroxylation is 1. The van der Waals surface area contributed by atoms with Crippen molar-refractivity contribution >= 4 is 5.82 Å². The van der Waals surface area contributed by atoms with Crippen molar-refractivity contribution < 1.29 is 0 Å². The molecule has 70 valence electrons. The molecular weight excluding hydrogens is 162 g/mol. The average molecular weight is 177 g/mol. The molecule has 0 aromatic carbocycles. The summed E-state index contributed by atoms with van der Waals surface area (Å²) in [4.78, 5) is 0. The highest BCUT2D eigenvalue weighted by Crippen LogP contribution is 2.02. The van der Waals surface area contributed by atoms with Crippen LogP contribution >= 0.6 is 0 Å². The number of rotatable bonds is 4. The van der Waals surface area contributed by atoms with Crippen LogP contribution in [0, 0.1) is 6.92 Å². The van der Waals surface area contributed by atoms with Gasteiger partial charge in [-0.1, -0.05) is 5.57 Å². The van der Waals surface area contributed by atoms with Crippen LogP contribution in [0.1, 0.15) is 19.0 Å². The number of anilines is 1. The van der Waals surface area contributed by atoms with Crippen molar-refractivity contribution in [3.8, 4) is 0 Å². The van der Waals surface area contributed by atoms with E-state index < -0.39 is 0 Å². The molecule has 0 aliphatic rings. The van der Waals surface area contributed by atoms with E-state index in [0.29, 0.717) is 0 Å². The molecule has 0 aliphatic carbocycles. The van der Waals surface area contributed by atoms with Gasteiger partial charge in [-0.15, -0.1) is 11.7 Å². The first-order valence-electron chi connectivity index (χ1n) is 4.37. The lowest BCUT2D eigenvalue weighted by Gasteiger charge is -2.03. The van der Waals surface area contributed by atoms with E-state index in [1.165, 1.54) is 5.57 Å². The third-order valence-corrected chi connectivity index (χ3v) is 1.66. The molecule has 1 N–H and O–H groups in total. The number of hydrogen-bond donors (Lipinski definition) is 1. The van der Waals surface area contributed by atoms with Gasteiger partial charge in [-0.3, -0.25) is 0 Å². The maximum atomic E-state index is 3.98. The molecule has 13 heavy (non-hydrogen) atoms. The molecule has 0 saturated carbocycles. The lowest BCUT2D eigenvalue weighted by atomic mass is 10.2. The van der Waals surface area contributed by atoms with Gasteiger partial charge in [0.1, 0.15) is 5.82 Å². The van der Waals surface area contributed by atoms with Crippen LogP contribution in [0.4, 0.5) is 5.82 Å². The van der Waals surface area contributed by atoms with Crippen molar-refractivity contribution in [3.63, 3.8) is 0 Å². The first kappa shape index (κ1) is 9.71. The van der Waals surface area contributed by atoms with Crippen molar-refractivity contribution in [2.24, 2.45) is 0 Å². The summed E-state index contributed by atoms with van der Waals surface area (Å²) in [7, 11) is 0. The van der Waals surface area contributed by atoms with Gasteiger partial charge in [0.15, 0.2) is 0 Å². The van der Waals surface area contributed by atoms with Gasteiger partial charge in [-0.25, -0.2) is 0 Å². The van der Waals surface area contributed by atoms with Crippen LogP contribution in [0.5, 0.6) is 0 Å². The van der Waals surface area contributed by atoms with Crippen LogP contribution in [0.25, 0.3) is 0 Å². The second kappa shape index (κ2) is 4.60. The van der Waals surface area contributed by atoms with Crippen LogP contribution in [0.3, 0.4) is 0 Å². The Kier molecular flexibility index (Phi) is 3.43. The molecule has 3 heteroatoms. The quantitative estimate of drug-likeness (QED) is 0.716. The van der Waals surface area contributed by atoms with Crippen molar-refractivity contribution in [3.05, 3.63) is 30.0 Å². The molecule has 0 aliphatic heterocycles. The lowest BCUT2D eigenvalue weighted by molar-refractivity contribution is 0.940. The smallest absolute Gasteiger partial charge is 0.148 e. The van der Waals surface area contributed by atoms with E-state index in [0.717, 1.165) is 24.5 Å². The molecule has 0 saturated heterocycles. The zero-order chi connectivity index (χ0) is 9.68. The molecule has 0 unspecified atom stereocenters. The first-order chi connectivity index (χ1) is 6.18. The molecule has 1 heterocycles. The van der Waals surface area contributed by atoms with E-state index in [-0.39, 0.29) is 0 Å². The predicted octanol–water partition coefficient (Wildman–Crippen LogP) is 2.16. The van der Waals surface area contributed by atoms with Crippen molar-refractivity contribution in [1.29, 1.82) is 0 Å². The summed E-state index contributed by atoms with van der Waals surface area (Å²) < 4.78 is 0. The normalized spacial score (nSPS) is 9.69. The van der Waals surface area contributed by atoms with Gasteiger partial charge >= 0.3 is 0 Å². The van der Waals surface area contributed by atoms with Gasteiger partial charge in [0.2, 0.25) is 0 Å². The van der Waals surface area contributed by atoms with E-state index >= 15 is 0 Å². The monoisotopic (exact) mass is 177 g/mol. The Bertz CT molecular complexity index is 277. The van der Waals surface area contributed by atoms with E-state index in [1.54, 1.807) is 0 Å². The third-order valence-electron chi connectivity index (χ3n) is 1.66. The second-order valence-corrected chi connectivity index (χ2v) is 3.19. The lowest BCUT2D eigenvalue weighted by Crippen LogP contribution is -2.04. The highest BCUT2D eigenvalue weighted by molar-refractivity contribution is 5.32. The summed E-state index contributed by atoms with van der Waals surface area (Å²) in [6.07, 6.45) is 0.968. The van der Waals surface area contributed by atoms with E-state index in [2.05, 4.69) is 22.1 Å². The summed E-state index contributed by atoms with van der Waals surface area (Å²) in [5.41, 5.74) is 2.11. The minimum atomic E-state index is 0.826. The van der Waals surface area contributed by atoms with Crippen LogP contribution in [0.2, 0.25) is 0 Å². The highest BCUT2D eigenvalue weighted by Gasteiger charge is 1.93. The van der Waals surface area contributed by atoms with Crippen molar-refractivity contribution in [2.45, 2.75) is 20.3 Å². The minimum absolute atomic E-state index is 0.826. The third kappa shape index (κ3) is 3.69. The van der Waals surface area contributed by atoms with Crippen LogP contribution in [-0.2, 0) is 0 Å². The molecular formula is C10H15N3. The van der Waals surface area contributed by atoms with E-state index in [4.69, 9.17) is 0 Å². The largest absolute Gasteiger partial charge is 0.368 e. The molecule has 0 bridgehead atoms. The van der Waals surface area contributed by atoms with Crippen LogP contribution in [0.15, 0.2) is 24.3 Å². The van der Waals surface area contributed by atoms with E-state index in [9.17, 15) is 0 Å². The number of aromatic nitrogens is 2. The molecule has 1 rings (SSSR count). The van der Waals surface area contributed by atoms with Gasteiger partial charge in [-0.2, -0.15) is 5.10 Å². The van der Waals surface area contributed by atoms with Crippen LogP contribution < -0.4 is 5.32 Å². The van der Waals surface area contributed by atoms with E-state index in [1.807, 2.05) is 26.0 Å². The Morgan fingerprint density at radius 2 is 2.23 bits per heavy atom.